The van der Waals surface area contributed by atoms with E-state index in [1.165, 1.54) is 0 Å². The van der Waals surface area contributed by atoms with Gasteiger partial charge in [-0.3, -0.25) is 0 Å². The number of furan rings is 1. The van der Waals surface area contributed by atoms with Crippen molar-refractivity contribution in [1.82, 2.24) is 5.32 Å². The Balaban J connectivity index is 2.53. The van der Waals surface area contributed by atoms with Gasteiger partial charge in [0.15, 0.2) is 4.67 Å². The van der Waals surface area contributed by atoms with Crippen molar-refractivity contribution in [2.75, 3.05) is 0 Å². The molecule has 0 aliphatic carbocycles. The summed E-state index contributed by atoms with van der Waals surface area (Å²) in [6, 6.07) is 4.80. The van der Waals surface area contributed by atoms with Crippen molar-refractivity contribution in [3.63, 3.8) is 0 Å². The van der Waals surface area contributed by atoms with Crippen LogP contribution in [0.1, 0.15) is 45.4 Å². The van der Waals surface area contributed by atoms with Gasteiger partial charge in [-0.1, -0.05) is 13.8 Å². The molecular formula is C11H18BrNO. The number of hydrogen-bond donors (Lipinski definition) is 1. The first-order valence-corrected chi connectivity index (χ1v) is 5.97. The van der Waals surface area contributed by atoms with Crippen molar-refractivity contribution < 1.29 is 4.42 Å². The molecule has 0 amide bonds. The van der Waals surface area contributed by atoms with Gasteiger partial charge in [0.25, 0.3) is 0 Å². The second-order valence-electron chi connectivity index (χ2n) is 3.54. The van der Waals surface area contributed by atoms with E-state index in [9.17, 15) is 0 Å². The molecule has 0 saturated heterocycles. The molecule has 0 fully saturated rings. The molecule has 0 spiro atoms. The van der Waals surface area contributed by atoms with E-state index in [1.54, 1.807) is 0 Å². The molecule has 1 aromatic heterocycles. The molecule has 0 bridgehead atoms. The van der Waals surface area contributed by atoms with Crippen LogP contribution in [0.5, 0.6) is 0 Å². The minimum absolute atomic E-state index is 0.284. The molecular weight excluding hydrogens is 242 g/mol. The minimum Gasteiger partial charge on any atom is -0.453 e. The van der Waals surface area contributed by atoms with Crippen LogP contribution >= 0.6 is 15.9 Å². The van der Waals surface area contributed by atoms with E-state index in [0.29, 0.717) is 6.04 Å². The molecule has 1 unspecified atom stereocenters. The Morgan fingerprint density at radius 2 is 2.00 bits per heavy atom. The Morgan fingerprint density at radius 3 is 2.43 bits per heavy atom. The Bertz CT molecular complexity index is 268. The number of nitrogens with one attached hydrogen (secondary N) is 1. The van der Waals surface area contributed by atoms with Crippen molar-refractivity contribution >= 4 is 15.9 Å². The smallest absolute Gasteiger partial charge is 0.169 e. The first kappa shape index (κ1) is 11.8. The van der Waals surface area contributed by atoms with Gasteiger partial charge in [-0.25, -0.2) is 0 Å². The van der Waals surface area contributed by atoms with Gasteiger partial charge in [0.05, 0.1) is 6.04 Å². The highest BCUT2D eigenvalue weighted by Crippen LogP contribution is 2.20. The Hall–Kier alpha value is -0.280. The molecule has 1 N–H and O–H groups in total. The third-order valence-corrected chi connectivity index (χ3v) is 2.92. The topological polar surface area (TPSA) is 25.2 Å². The van der Waals surface area contributed by atoms with Crippen LogP contribution < -0.4 is 5.32 Å². The van der Waals surface area contributed by atoms with Crippen molar-refractivity contribution in [2.24, 2.45) is 0 Å². The molecule has 3 heteroatoms. The number of halogens is 1. The van der Waals surface area contributed by atoms with Crippen LogP contribution in [-0.4, -0.2) is 6.04 Å². The summed E-state index contributed by atoms with van der Waals surface area (Å²) in [5.74, 6) is 0.990. The van der Waals surface area contributed by atoms with E-state index in [4.69, 9.17) is 4.42 Å². The van der Waals surface area contributed by atoms with E-state index < -0.39 is 0 Å². The molecule has 1 rings (SSSR count). The zero-order chi connectivity index (χ0) is 10.6. The zero-order valence-electron chi connectivity index (χ0n) is 9.01. The quantitative estimate of drug-likeness (QED) is 0.869. The number of rotatable bonds is 5. The van der Waals surface area contributed by atoms with Gasteiger partial charge in [-0.05, 0) is 47.8 Å². The predicted octanol–water partition coefficient (Wildman–Crippen LogP) is 3.88. The number of hydrogen-bond acceptors (Lipinski definition) is 2. The summed E-state index contributed by atoms with van der Waals surface area (Å²) in [5, 5.41) is 3.53. The first-order chi connectivity index (χ1) is 6.67. The largest absolute Gasteiger partial charge is 0.453 e. The lowest BCUT2D eigenvalue weighted by molar-refractivity contribution is 0.370. The SMILES string of the molecule is CCC(CC)NC(C)c1ccc(Br)o1. The molecule has 2 nitrogen and oxygen atoms in total. The third-order valence-electron chi connectivity index (χ3n) is 2.49. The maximum Gasteiger partial charge on any atom is 0.169 e. The van der Waals surface area contributed by atoms with Crippen LogP contribution in [0.3, 0.4) is 0 Å². The summed E-state index contributed by atoms with van der Waals surface area (Å²) in [7, 11) is 0. The van der Waals surface area contributed by atoms with Crippen LogP contribution in [0, 0.1) is 0 Å². The maximum atomic E-state index is 5.49. The standard InChI is InChI=1S/C11H18BrNO/c1-4-9(5-2)13-8(3)10-6-7-11(12)14-10/h6-9,13H,4-5H2,1-3H3. The van der Waals surface area contributed by atoms with Gasteiger partial charge in [0.2, 0.25) is 0 Å². The van der Waals surface area contributed by atoms with Crippen molar-refractivity contribution in [1.29, 1.82) is 0 Å². The fourth-order valence-electron chi connectivity index (χ4n) is 1.52. The van der Waals surface area contributed by atoms with Gasteiger partial charge in [0.1, 0.15) is 5.76 Å². The Labute approximate surface area is 94.2 Å². The van der Waals surface area contributed by atoms with Crippen molar-refractivity contribution in [3.8, 4) is 0 Å². The third kappa shape index (κ3) is 3.14. The van der Waals surface area contributed by atoms with E-state index in [-0.39, 0.29) is 6.04 Å². The van der Waals surface area contributed by atoms with Crippen LogP contribution in [0.4, 0.5) is 0 Å². The molecule has 0 aliphatic rings. The average Bonchev–Trinajstić information content (AvgIpc) is 2.61. The lowest BCUT2D eigenvalue weighted by Gasteiger charge is -2.19. The fourth-order valence-corrected chi connectivity index (χ4v) is 1.84. The van der Waals surface area contributed by atoms with E-state index >= 15 is 0 Å². The normalized spacial score (nSPS) is 13.5. The van der Waals surface area contributed by atoms with Gasteiger partial charge in [-0.2, -0.15) is 0 Å². The fraction of sp³-hybridized carbons (Fsp3) is 0.636. The molecule has 1 aromatic rings. The van der Waals surface area contributed by atoms with E-state index in [2.05, 4.69) is 42.0 Å². The second kappa shape index (κ2) is 5.56. The summed E-state index contributed by atoms with van der Waals surface area (Å²) in [5.41, 5.74) is 0. The molecule has 0 radical (unpaired) electrons. The lowest BCUT2D eigenvalue weighted by Crippen LogP contribution is -2.30. The van der Waals surface area contributed by atoms with Gasteiger partial charge in [0, 0.05) is 6.04 Å². The molecule has 0 saturated carbocycles. The molecule has 0 aliphatic heterocycles. The summed E-state index contributed by atoms with van der Waals surface area (Å²) in [4.78, 5) is 0. The minimum atomic E-state index is 0.284. The van der Waals surface area contributed by atoms with Gasteiger partial charge in [-0.15, -0.1) is 0 Å². The predicted molar refractivity (Wildman–Crippen MR) is 62.3 cm³/mol. The Morgan fingerprint density at radius 1 is 1.36 bits per heavy atom. The molecule has 1 heterocycles. The average molecular weight is 260 g/mol. The molecule has 80 valence electrons. The Kier molecular flexibility index (Phi) is 4.69. The summed E-state index contributed by atoms with van der Waals surface area (Å²) >= 11 is 3.31. The molecule has 1 atom stereocenters. The monoisotopic (exact) mass is 259 g/mol. The summed E-state index contributed by atoms with van der Waals surface area (Å²) in [6.45, 7) is 6.53. The van der Waals surface area contributed by atoms with Crippen LogP contribution in [0.25, 0.3) is 0 Å². The van der Waals surface area contributed by atoms with Crippen LogP contribution in [-0.2, 0) is 0 Å². The highest BCUT2D eigenvalue weighted by molar-refractivity contribution is 9.10. The molecule has 14 heavy (non-hydrogen) atoms. The van der Waals surface area contributed by atoms with Crippen LogP contribution in [0.2, 0.25) is 0 Å². The van der Waals surface area contributed by atoms with Crippen molar-refractivity contribution in [3.05, 3.63) is 22.6 Å². The second-order valence-corrected chi connectivity index (χ2v) is 4.33. The van der Waals surface area contributed by atoms with Crippen molar-refractivity contribution in [2.45, 2.75) is 45.7 Å². The highest BCUT2D eigenvalue weighted by atomic mass is 79.9. The maximum absolute atomic E-state index is 5.49. The van der Waals surface area contributed by atoms with Gasteiger partial charge >= 0.3 is 0 Å². The van der Waals surface area contributed by atoms with E-state index in [0.717, 1.165) is 23.3 Å². The van der Waals surface area contributed by atoms with Gasteiger partial charge < -0.3 is 9.73 Å². The highest BCUT2D eigenvalue weighted by Gasteiger charge is 2.12. The van der Waals surface area contributed by atoms with Crippen LogP contribution in [0.15, 0.2) is 21.2 Å². The summed E-state index contributed by atoms with van der Waals surface area (Å²) < 4.78 is 6.29. The molecule has 0 aromatic carbocycles. The zero-order valence-corrected chi connectivity index (χ0v) is 10.6. The first-order valence-electron chi connectivity index (χ1n) is 5.18. The van der Waals surface area contributed by atoms with E-state index in [1.807, 2.05) is 12.1 Å². The lowest BCUT2D eigenvalue weighted by atomic mass is 10.1. The summed E-state index contributed by atoms with van der Waals surface area (Å²) in [6.07, 6.45) is 2.31.